The number of piperidine rings is 2. The highest BCUT2D eigenvalue weighted by atomic mass is 35.5. The van der Waals surface area contributed by atoms with Gasteiger partial charge in [0.05, 0.1) is 35.5 Å². The van der Waals surface area contributed by atoms with E-state index >= 15 is 0 Å². The maximum Gasteiger partial charge on any atom is 0.255 e. The number of nitrogens with zero attached hydrogens (tertiary/aromatic N) is 2. The molecule has 2 aliphatic heterocycles. The zero-order chi connectivity index (χ0) is 24.0. The number of amides is 2. The number of nitrogens with two attached hydrogens (primary N) is 1. The highest BCUT2D eigenvalue weighted by Gasteiger charge is 2.33. The Hall–Kier alpha value is -2.03. The monoisotopic (exact) mass is 480 g/mol. The van der Waals surface area contributed by atoms with Crippen molar-refractivity contribution in [2.75, 3.05) is 52.7 Å². The summed E-state index contributed by atoms with van der Waals surface area (Å²) in [4.78, 5) is 29.7. The molecule has 1 aromatic carbocycles. The molecule has 0 bridgehead atoms. The summed E-state index contributed by atoms with van der Waals surface area (Å²) in [6.07, 6.45) is 4.38. The molecular formula is C24H37ClN4O4. The molecule has 0 radical (unpaired) electrons. The van der Waals surface area contributed by atoms with E-state index in [0.717, 1.165) is 58.4 Å². The Balaban J connectivity index is 1.57. The van der Waals surface area contributed by atoms with E-state index in [1.807, 2.05) is 11.8 Å². The van der Waals surface area contributed by atoms with Crippen LogP contribution in [0.3, 0.4) is 0 Å². The first-order valence-corrected chi connectivity index (χ1v) is 12.2. The number of nitrogen functional groups attached to an aromatic ring is 1. The van der Waals surface area contributed by atoms with Crippen molar-refractivity contribution in [1.82, 2.24) is 15.1 Å². The maximum absolute atomic E-state index is 13.0. The third-order valence-corrected chi connectivity index (χ3v) is 7.01. The third-order valence-electron chi connectivity index (χ3n) is 6.68. The maximum atomic E-state index is 13.0. The molecule has 1 aromatic rings. The lowest BCUT2D eigenvalue weighted by molar-refractivity contribution is -0.133. The summed E-state index contributed by atoms with van der Waals surface area (Å²) in [5, 5.41) is 3.41. The number of carbonyl (C=O) groups is 2. The second-order valence-electron chi connectivity index (χ2n) is 9.07. The number of benzene rings is 1. The molecule has 3 rings (SSSR count). The highest BCUT2D eigenvalue weighted by Crippen LogP contribution is 2.29. The summed E-state index contributed by atoms with van der Waals surface area (Å²) in [6, 6.07) is 2.98. The van der Waals surface area contributed by atoms with E-state index in [0.29, 0.717) is 34.4 Å². The third kappa shape index (κ3) is 6.52. The predicted molar refractivity (Wildman–Crippen MR) is 130 cm³/mol. The van der Waals surface area contributed by atoms with E-state index in [-0.39, 0.29) is 24.0 Å². The van der Waals surface area contributed by atoms with Gasteiger partial charge >= 0.3 is 0 Å². The van der Waals surface area contributed by atoms with Crippen molar-refractivity contribution >= 4 is 29.1 Å². The van der Waals surface area contributed by atoms with Crippen molar-refractivity contribution in [2.45, 2.75) is 51.2 Å². The Morgan fingerprint density at radius 1 is 1.21 bits per heavy atom. The second kappa shape index (κ2) is 11.9. The quantitative estimate of drug-likeness (QED) is 0.555. The number of anilines is 1. The number of halogens is 1. The van der Waals surface area contributed by atoms with Crippen molar-refractivity contribution < 1.29 is 19.1 Å². The van der Waals surface area contributed by atoms with Crippen molar-refractivity contribution in [3.63, 3.8) is 0 Å². The molecule has 8 nitrogen and oxygen atoms in total. The molecular weight excluding hydrogens is 444 g/mol. The number of ether oxygens (including phenoxy) is 2. The molecule has 0 aromatic heterocycles. The molecule has 2 aliphatic rings. The van der Waals surface area contributed by atoms with E-state index in [1.165, 1.54) is 13.2 Å². The summed E-state index contributed by atoms with van der Waals surface area (Å²) in [5.41, 5.74) is 6.56. The van der Waals surface area contributed by atoms with Gasteiger partial charge in [-0.05, 0) is 37.7 Å². The predicted octanol–water partition coefficient (Wildman–Crippen LogP) is 2.79. The van der Waals surface area contributed by atoms with Crippen LogP contribution in [0, 0.1) is 5.92 Å². The molecule has 3 N–H and O–H groups in total. The fourth-order valence-corrected chi connectivity index (χ4v) is 5.05. The van der Waals surface area contributed by atoms with Gasteiger partial charge in [-0.2, -0.15) is 0 Å². The van der Waals surface area contributed by atoms with E-state index in [2.05, 4.69) is 10.2 Å². The summed E-state index contributed by atoms with van der Waals surface area (Å²) in [7, 11) is 3.18. The minimum absolute atomic E-state index is 0.117. The normalized spacial score (nSPS) is 23.9. The molecule has 0 aliphatic carbocycles. The zero-order valence-corrected chi connectivity index (χ0v) is 20.7. The molecule has 0 spiro atoms. The number of likely N-dealkylation sites (tertiary alicyclic amines) is 2. The van der Waals surface area contributed by atoms with Gasteiger partial charge in [0.15, 0.2) is 0 Å². The first-order valence-electron chi connectivity index (χ1n) is 11.8. The van der Waals surface area contributed by atoms with Crippen LogP contribution in [0.5, 0.6) is 5.75 Å². The van der Waals surface area contributed by atoms with E-state index in [9.17, 15) is 9.59 Å². The van der Waals surface area contributed by atoms with Crippen LogP contribution in [-0.2, 0) is 9.53 Å². The molecule has 2 heterocycles. The molecule has 2 saturated heterocycles. The van der Waals surface area contributed by atoms with Crippen molar-refractivity contribution in [3.05, 3.63) is 22.7 Å². The zero-order valence-electron chi connectivity index (χ0n) is 19.9. The van der Waals surface area contributed by atoms with Crippen LogP contribution in [0.15, 0.2) is 12.1 Å². The largest absolute Gasteiger partial charge is 0.496 e. The average molecular weight is 481 g/mol. The second-order valence-corrected chi connectivity index (χ2v) is 9.48. The van der Waals surface area contributed by atoms with Gasteiger partial charge in [-0.25, -0.2) is 0 Å². The van der Waals surface area contributed by atoms with Gasteiger partial charge in [0.25, 0.3) is 5.91 Å². The van der Waals surface area contributed by atoms with Crippen LogP contribution in [0.25, 0.3) is 0 Å². The van der Waals surface area contributed by atoms with Gasteiger partial charge in [-0.15, -0.1) is 0 Å². The smallest absolute Gasteiger partial charge is 0.255 e. The lowest BCUT2D eigenvalue weighted by Crippen LogP contribution is -2.56. The molecule has 3 unspecified atom stereocenters. The molecule has 0 saturated carbocycles. The number of methoxy groups -OCH3 is 2. The topological polar surface area (TPSA) is 97.1 Å². The van der Waals surface area contributed by atoms with Crippen LogP contribution < -0.4 is 15.8 Å². The molecule has 2 fully saturated rings. The highest BCUT2D eigenvalue weighted by molar-refractivity contribution is 6.33. The minimum atomic E-state index is -0.258. The summed E-state index contributed by atoms with van der Waals surface area (Å²) in [5.74, 6) is 0.882. The minimum Gasteiger partial charge on any atom is -0.496 e. The number of rotatable bonds is 8. The molecule has 2 amide bonds. The van der Waals surface area contributed by atoms with Crippen LogP contribution in [0.2, 0.25) is 5.02 Å². The number of carbonyl (C=O) groups excluding carboxylic acids is 2. The van der Waals surface area contributed by atoms with Crippen molar-refractivity contribution in [2.24, 2.45) is 5.92 Å². The lowest BCUT2D eigenvalue weighted by Gasteiger charge is -2.41. The molecule has 9 heteroatoms. The SMILES string of the molecule is CCCC(=O)N1CCCC(CN2CCC(NC(=O)c3cc(Cl)c(N)cc3OC)C(OC)C2)C1. The first-order chi connectivity index (χ1) is 15.9. The van der Waals surface area contributed by atoms with Crippen LogP contribution in [0.4, 0.5) is 5.69 Å². The van der Waals surface area contributed by atoms with Gasteiger partial charge in [0.2, 0.25) is 5.91 Å². The first kappa shape index (κ1) is 25.6. The van der Waals surface area contributed by atoms with Crippen LogP contribution in [0.1, 0.15) is 49.4 Å². The fraction of sp³-hybridized carbons (Fsp3) is 0.667. The lowest BCUT2D eigenvalue weighted by atomic mass is 9.94. The van der Waals surface area contributed by atoms with E-state index in [4.69, 9.17) is 26.8 Å². The van der Waals surface area contributed by atoms with Crippen molar-refractivity contribution in [1.29, 1.82) is 0 Å². The Labute approximate surface area is 201 Å². The Kier molecular flexibility index (Phi) is 9.23. The van der Waals surface area contributed by atoms with E-state index in [1.54, 1.807) is 13.2 Å². The summed E-state index contributed by atoms with van der Waals surface area (Å²) < 4.78 is 11.1. The number of nitrogens with one attached hydrogen (secondary N) is 1. The molecule has 3 atom stereocenters. The fourth-order valence-electron chi connectivity index (χ4n) is 4.89. The van der Waals surface area contributed by atoms with Crippen LogP contribution >= 0.6 is 11.6 Å². The Bertz CT molecular complexity index is 837. The average Bonchev–Trinajstić information content (AvgIpc) is 2.81. The van der Waals surface area contributed by atoms with Gasteiger partial charge in [0, 0.05) is 52.3 Å². The Morgan fingerprint density at radius 3 is 2.70 bits per heavy atom. The molecule has 184 valence electrons. The van der Waals surface area contributed by atoms with Gasteiger partial charge in [-0.3, -0.25) is 9.59 Å². The summed E-state index contributed by atoms with van der Waals surface area (Å²) >= 11 is 6.13. The number of hydrogen-bond acceptors (Lipinski definition) is 6. The van der Waals surface area contributed by atoms with Gasteiger partial charge < -0.3 is 30.3 Å². The van der Waals surface area contributed by atoms with Gasteiger partial charge in [0.1, 0.15) is 5.75 Å². The van der Waals surface area contributed by atoms with Crippen LogP contribution in [-0.4, -0.2) is 80.7 Å². The summed E-state index contributed by atoms with van der Waals surface area (Å²) in [6.45, 7) is 6.31. The van der Waals surface area contributed by atoms with E-state index < -0.39 is 0 Å². The van der Waals surface area contributed by atoms with Gasteiger partial charge in [-0.1, -0.05) is 18.5 Å². The number of hydrogen-bond donors (Lipinski definition) is 2. The van der Waals surface area contributed by atoms with Crippen molar-refractivity contribution in [3.8, 4) is 5.75 Å². The molecule has 33 heavy (non-hydrogen) atoms. The Morgan fingerprint density at radius 2 is 2.00 bits per heavy atom. The standard InChI is InChI=1S/C24H37ClN4O4/c1-4-6-23(30)29-9-5-7-16(14-29)13-28-10-8-20(22(15-28)33-3)27-24(31)17-11-18(25)19(26)12-21(17)32-2/h11-12,16,20,22H,4-10,13-15,26H2,1-3H3,(H,27,31).